The average Bonchev–Trinajstić information content (AvgIpc) is 3.01. The summed E-state index contributed by atoms with van der Waals surface area (Å²) >= 11 is 6.09. The second kappa shape index (κ2) is 7.83. The van der Waals surface area contributed by atoms with Crippen molar-refractivity contribution < 1.29 is 4.79 Å². The van der Waals surface area contributed by atoms with Crippen molar-refractivity contribution in [1.29, 1.82) is 5.26 Å². The number of nitriles is 1. The summed E-state index contributed by atoms with van der Waals surface area (Å²) in [6.45, 7) is 2.28. The minimum absolute atomic E-state index is 0.00434. The van der Waals surface area contributed by atoms with Gasteiger partial charge in [-0.2, -0.15) is 5.26 Å². The first-order valence-electron chi connectivity index (χ1n) is 8.24. The number of carbonyl (C=O) groups excluding carboxylic acids is 1. The molecule has 0 radical (unpaired) electrons. The van der Waals surface area contributed by atoms with Crippen molar-refractivity contribution in [1.82, 2.24) is 4.57 Å². The van der Waals surface area contributed by atoms with Crippen LogP contribution in [0.25, 0.3) is 17.0 Å². The van der Waals surface area contributed by atoms with Gasteiger partial charge in [0.05, 0.1) is 6.54 Å². The van der Waals surface area contributed by atoms with Gasteiger partial charge >= 0.3 is 0 Å². The van der Waals surface area contributed by atoms with Crippen molar-refractivity contribution in [3.8, 4) is 18.4 Å². The van der Waals surface area contributed by atoms with Crippen LogP contribution in [-0.2, 0) is 11.3 Å². The van der Waals surface area contributed by atoms with Gasteiger partial charge in [0.2, 0.25) is 0 Å². The van der Waals surface area contributed by atoms with Crippen LogP contribution in [0.5, 0.6) is 0 Å². The van der Waals surface area contributed by atoms with E-state index in [0.717, 1.165) is 22.0 Å². The Bertz CT molecular complexity index is 1140. The fourth-order valence-corrected chi connectivity index (χ4v) is 2.97. The molecule has 3 aromatic rings. The number of hydrogen-bond acceptors (Lipinski definition) is 2. The number of anilines is 1. The number of benzene rings is 2. The molecule has 1 aromatic heterocycles. The molecular formula is C22H16ClN3O. The van der Waals surface area contributed by atoms with Crippen molar-refractivity contribution >= 4 is 40.2 Å². The van der Waals surface area contributed by atoms with E-state index in [9.17, 15) is 10.1 Å². The number of rotatable bonds is 4. The van der Waals surface area contributed by atoms with E-state index in [-0.39, 0.29) is 5.57 Å². The molecule has 3 rings (SSSR count). The van der Waals surface area contributed by atoms with Crippen LogP contribution in [0.3, 0.4) is 0 Å². The summed E-state index contributed by atoms with van der Waals surface area (Å²) in [4.78, 5) is 12.5. The molecule has 0 atom stereocenters. The zero-order chi connectivity index (χ0) is 19.4. The zero-order valence-corrected chi connectivity index (χ0v) is 15.4. The zero-order valence-electron chi connectivity index (χ0n) is 14.7. The Labute approximate surface area is 162 Å². The number of para-hydroxylation sites is 1. The molecule has 27 heavy (non-hydrogen) atoms. The van der Waals surface area contributed by atoms with Gasteiger partial charge in [-0.15, -0.1) is 6.42 Å². The summed E-state index contributed by atoms with van der Waals surface area (Å²) < 4.78 is 1.91. The summed E-state index contributed by atoms with van der Waals surface area (Å²) in [6.07, 6.45) is 8.85. The second-order valence-corrected chi connectivity index (χ2v) is 6.43. The quantitative estimate of drug-likeness (QED) is 0.406. The number of aryl methyl sites for hydroxylation is 1. The molecule has 0 aliphatic rings. The van der Waals surface area contributed by atoms with Crippen LogP contribution in [0.15, 0.2) is 54.2 Å². The van der Waals surface area contributed by atoms with Gasteiger partial charge in [-0.3, -0.25) is 4.79 Å². The highest BCUT2D eigenvalue weighted by molar-refractivity contribution is 6.31. The highest BCUT2D eigenvalue weighted by atomic mass is 35.5. The summed E-state index contributed by atoms with van der Waals surface area (Å²) in [7, 11) is 0. The van der Waals surface area contributed by atoms with Crippen molar-refractivity contribution in [2.75, 3.05) is 5.32 Å². The number of aromatic nitrogens is 1. The number of hydrogen-bond donors (Lipinski definition) is 1. The van der Waals surface area contributed by atoms with Crippen LogP contribution in [0, 0.1) is 30.6 Å². The van der Waals surface area contributed by atoms with E-state index in [1.165, 1.54) is 0 Å². The molecule has 0 spiro atoms. The third-order valence-electron chi connectivity index (χ3n) is 4.18. The highest BCUT2D eigenvalue weighted by Gasteiger charge is 2.13. The van der Waals surface area contributed by atoms with E-state index in [1.807, 2.05) is 48.0 Å². The first-order valence-corrected chi connectivity index (χ1v) is 8.62. The lowest BCUT2D eigenvalue weighted by molar-refractivity contribution is -0.112. The Morgan fingerprint density at radius 2 is 2.11 bits per heavy atom. The third-order valence-corrected chi connectivity index (χ3v) is 4.58. The summed E-state index contributed by atoms with van der Waals surface area (Å²) in [5.41, 5.74) is 3.15. The predicted molar refractivity (Wildman–Crippen MR) is 109 cm³/mol. The molecular weight excluding hydrogens is 358 g/mol. The first kappa shape index (κ1) is 18.3. The second-order valence-electron chi connectivity index (χ2n) is 6.02. The molecule has 4 nitrogen and oxygen atoms in total. The fraction of sp³-hybridized carbons (Fsp3) is 0.0909. The van der Waals surface area contributed by atoms with Gasteiger partial charge in [0.1, 0.15) is 11.6 Å². The normalized spacial score (nSPS) is 11.0. The largest absolute Gasteiger partial charge is 0.335 e. The van der Waals surface area contributed by atoms with Gasteiger partial charge in [0.15, 0.2) is 0 Å². The van der Waals surface area contributed by atoms with Crippen LogP contribution in [0.2, 0.25) is 5.02 Å². The SMILES string of the molecule is C#CCn1cc(/C=C(/C#N)C(=O)Nc2ccc(C)c(Cl)c2)c2ccccc21. The van der Waals surface area contributed by atoms with Gasteiger partial charge in [0.25, 0.3) is 5.91 Å². The highest BCUT2D eigenvalue weighted by Crippen LogP contribution is 2.24. The van der Waals surface area contributed by atoms with Crippen LogP contribution in [-0.4, -0.2) is 10.5 Å². The Morgan fingerprint density at radius 1 is 1.33 bits per heavy atom. The molecule has 0 fully saturated rings. The Hall–Kier alpha value is -3.47. The van der Waals surface area contributed by atoms with E-state index >= 15 is 0 Å². The van der Waals surface area contributed by atoms with Crippen molar-refractivity contribution in [2.24, 2.45) is 0 Å². The first-order chi connectivity index (χ1) is 13.0. The number of fused-ring (bicyclic) bond motifs is 1. The van der Waals surface area contributed by atoms with Gasteiger partial charge < -0.3 is 9.88 Å². The Kier molecular flexibility index (Phi) is 5.31. The minimum Gasteiger partial charge on any atom is -0.335 e. The monoisotopic (exact) mass is 373 g/mol. The Morgan fingerprint density at radius 3 is 2.81 bits per heavy atom. The van der Waals surface area contributed by atoms with Gasteiger partial charge in [-0.1, -0.05) is 41.8 Å². The molecule has 1 amide bonds. The summed E-state index contributed by atoms with van der Waals surface area (Å²) in [5, 5.41) is 13.7. The molecule has 5 heteroatoms. The summed E-state index contributed by atoms with van der Waals surface area (Å²) in [6, 6.07) is 14.9. The molecule has 0 saturated carbocycles. The van der Waals surface area contributed by atoms with Crippen LogP contribution < -0.4 is 5.32 Å². The number of amides is 1. The maximum absolute atomic E-state index is 12.5. The number of carbonyl (C=O) groups is 1. The van der Waals surface area contributed by atoms with Gasteiger partial charge in [-0.05, 0) is 36.8 Å². The smallest absolute Gasteiger partial charge is 0.266 e. The molecule has 0 aliphatic carbocycles. The molecule has 1 heterocycles. The van der Waals surface area contributed by atoms with Crippen molar-refractivity contribution in [2.45, 2.75) is 13.5 Å². The van der Waals surface area contributed by atoms with E-state index < -0.39 is 5.91 Å². The molecule has 0 saturated heterocycles. The van der Waals surface area contributed by atoms with Crippen molar-refractivity contribution in [3.05, 3.63) is 70.4 Å². The fourth-order valence-electron chi connectivity index (χ4n) is 2.79. The topological polar surface area (TPSA) is 57.8 Å². The van der Waals surface area contributed by atoms with Crippen LogP contribution in [0.1, 0.15) is 11.1 Å². The lowest BCUT2D eigenvalue weighted by atomic mass is 10.1. The van der Waals surface area contributed by atoms with Crippen LogP contribution >= 0.6 is 11.6 Å². The minimum atomic E-state index is -0.494. The average molecular weight is 374 g/mol. The van der Waals surface area contributed by atoms with E-state index in [1.54, 1.807) is 24.3 Å². The van der Waals surface area contributed by atoms with Gasteiger partial charge in [-0.25, -0.2) is 0 Å². The van der Waals surface area contributed by atoms with Crippen LogP contribution in [0.4, 0.5) is 5.69 Å². The van der Waals surface area contributed by atoms with Crippen molar-refractivity contribution in [3.63, 3.8) is 0 Å². The molecule has 132 valence electrons. The number of nitrogens with one attached hydrogen (secondary N) is 1. The van der Waals surface area contributed by atoms with E-state index in [4.69, 9.17) is 18.0 Å². The maximum atomic E-state index is 12.5. The summed E-state index contributed by atoms with van der Waals surface area (Å²) in [5.74, 6) is 2.11. The standard InChI is InChI=1S/C22H16ClN3O/c1-3-10-26-14-17(19-6-4-5-7-21(19)26)11-16(13-24)22(27)25-18-9-8-15(2)20(23)12-18/h1,4-9,11-12,14H,10H2,2H3,(H,25,27)/b16-11-. The third kappa shape index (κ3) is 3.87. The van der Waals surface area contributed by atoms with Gasteiger partial charge in [0, 0.05) is 33.4 Å². The lowest BCUT2D eigenvalue weighted by Crippen LogP contribution is -2.13. The number of halogens is 1. The molecule has 0 aliphatic heterocycles. The lowest BCUT2D eigenvalue weighted by Gasteiger charge is -2.06. The maximum Gasteiger partial charge on any atom is 0.266 e. The molecule has 1 N–H and O–H groups in total. The molecule has 2 aromatic carbocycles. The van der Waals surface area contributed by atoms with E-state index in [0.29, 0.717) is 17.3 Å². The predicted octanol–water partition coefficient (Wildman–Crippen LogP) is 4.78. The van der Waals surface area contributed by atoms with E-state index in [2.05, 4.69) is 11.2 Å². The number of terminal acetylenes is 1. The molecule has 0 unspecified atom stereocenters. The Balaban J connectivity index is 1.96. The molecule has 0 bridgehead atoms. The number of nitrogens with zero attached hydrogens (tertiary/aromatic N) is 2.